The molecule has 1 aromatic rings. The van der Waals surface area contributed by atoms with Gasteiger partial charge in [-0.05, 0) is 26.1 Å². The Morgan fingerprint density at radius 3 is 2.29 bits per heavy atom. The molecule has 0 aromatic heterocycles. The second-order valence-corrected chi connectivity index (χ2v) is 3.46. The van der Waals surface area contributed by atoms with Crippen molar-refractivity contribution in [1.82, 2.24) is 5.32 Å². The molecule has 0 saturated heterocycles. The van der Waals surface area contributed by atoms with Gasteiger partial charge < -0.3 is 10.1 Å². The maximum Gasteiger partial charge on any atom is 0.416 e. The highest BCUT2D eigenvalue weighted by Gasteiger charge is 2.31. The molecule has 0 aliphatic heterocycles. The Bertz CT molecular complexity index is 368. The van der Waals surface area contributed by atoms with E-state index in [0.717, 1.165) is 12.1 Å². The van der Waals surface area contributed by atoms with Crippen molar-refractivity contribution in [2.24, 2.45) is 0 Å². The number of benzene rings is 1. The predicted molar refractivity (Wildman–Crippen MR) is 62.7 cm³/mol. The first-order chi connectivity index (χ1) is 7.40. The van der Waals surface area contributed by atoms with Gasteiger partial charge in [-0.1, -0.05) is 6.07 Å². The van der Waals surface area contributed by atoms with Crippen molar-refractivity contribution in [2.75, 3.05) is 14.2 Å². The molecule has 98 valence electrons. The Morgan fingerprint density at radius 2 is 1.88 bits per heavy atom. The zero-order valence-electron chi connectivity index (χ0n) is 9.76. The molecule has 1 atom stereocenters. The topological polar surface area (TPSA) is 21.3 Å². The Morgan fingerprint density at radius 1 is 1.29 bits per heavy atom. The molecule has 1 N–H and O–H groups in total. The molecule has 6 heteroatoms. The van der Waals surface area contributed by atoms with E-state index < -0.39 is 11.7 Å². The van der Waals surface area contributed by atoms with Crippen molar-refractivity contribution in [3.05, 3.63) is 29.3 Å². The molecule has 2 nitrogen and oxygen atoms in total. The maximum absolute atomic E-state index is 12.4. The fourth-order valence-corrected chi connectivity index (χ4v) is 1.40. The van der Waals surface area contributed by atoms with Gasteiger partial charge in [0, 0.05) is 11.6 Å². The number of nitrogens with one attached hydrogen (secondary N) is 1. The van der Waals surface area contributed by atoms with Crippen LogP contribution >= 0.6 is 12.4 Å². The average Bonchev–Trinajstić information content (AvgIpc) is 2.26. The van der Waals surface area contributed by atoms with E-state index in [0.29, 0.717) is 5.56 Å². The Balaban J connectivity index is 0.00000256. The standard InChI is InChI=1S/C11H14F3NO.ClH/c1-7(15-2)9-5-4-8(11(12,13)14)6-10(9)16-3;/h4-7,15H,1-3H3;1H/t7-;/m0./s1. The summed E-state index contributed by atoms with van der Waals surface area (Å²) in [5.41, 5.74) is 0.00871. The fraction of sp³-hybridized carbons (Fsp3) is 0.455. The summed E-state index contributed by atoms with van der Waals surface area (Å²) >= 11 is 0. The lowest BCUT2D eigenvalue weighted by atomic mass is 10.0. The van der Waals surface area contributed by atoms with Crippen molar-refractivity contribution < 1.29 is 17.9 Å². The third-order valence-corrected chi connectivity index (χ3v) is 2.46. The summed E-state index contributed by atoms with van der Waals surface area (Å²) in [5.74, 6) is 0.247. The van der Waals surface area contributed by atoms with Gasteiger partial charge in [-0.2, -0.15) is 13.2 Å². The van der Waals surface area contributed by atoms with Crippen LogP contribution in [0.25, 0.3) is 0 Å². The van der Waals surface area contributed by atoms with Gasteiger partial charge >= 0.3 is 6.18 Å². The molecular formula is C11H15ClF3NO. The Hall–Kier alpha value is -0.940. The van der Waals surface area contributed by atoms with Crippen LogP contribution in [0.5, 0.6) is 5.75 Å². The van der Waals surface area contributed by atoms with Crippen molar-refractivity contribution in [3.63, 3.8) is 0 Å². The summed E-state index contributed by atoms with van der Waals surface area (Å²) in [5, 5.41) is 2.95. The van der Waals surface area contributed by atoms with Gasteiger partial charge in [0.1, 0.15) is 5.75 Å². The van der Waals surface area contributed by atoms with E-state index >= 15 is 0 Å². The van der Waals surface area contributed by atoms with Gasteiger partial charge in [-0.25, -0.2) is 0 Å². The number of hydrogen-bond acceptors (Lipinski definition) is 2. The van der Waals surface area contributed by atoms with Crippen molar-refractivity contribution >= 4 is 12.4 Å². The van der Waals surface area contributed by atoms with Crippen LogP contribution in [-0.2, 0) is 6.18 Å². The number of methoxy groups -OCH3 is 1. The van der Waals surface area contributed by atoms with E-state index in [1.807, 2.05) is 6.92 Å². The molecule has 17 heavy (non-hydrogen) atoms. The third-order valence-electron chi connectivity index (χ3n) is 2.46. The lowest BCUT2D eigenvalue weighted by Gasteiger charge is -2.16. The SMILES string of the molecule is CN[C@@H](C)c1ccc(C(F)(F)F)cc1OC.Cl. The molecule has 0 unspecified atom stereocenters. The van der Waals surface area contributed by atoms with Crippen LogP contribution in [0.4, 0.5) is 13.2 Å². The van der Waals surface area contributed by atoms with Crippen LogP contribution in [-0.4, -0.2) is 14.2 Å². The minimum atomic E-state index is -4.34. The lowest BCUT2D eigenvalue weighted by molar-refractivity contribution is -0.137. The summed E-state index contributed by atoms with van der Waals surface area (Å²) in [6, 6.07) is 3.45. The normalized spacial score (nSPS) is 12.8. The maximum atomic E-state index is 12.4. The van der Waals surface area contributed by atoms with Crippen LogP contribution < -0.4 is 10.1 Å². The minimum Gasteiger partial charge on any atom is -0.496 e. The average molecular weight is 270 g/mol. The van der Waals surface area contributed by atoms with Gasteiger partial charge in [-0.15, -0.1) is 12.4 Å². The molecule has 0 saturated carbocycles. The molecule has 0 heterocycles. The van der Waals surface area contributed by atoms with E-state index in [4.69, 9.17) is 4.74 Å². The van der Waals surface area contributed by atoms with Crippen LogP contribution in [0.2, 0.25) is 0 Å². The molecule has 1 aromatic carbocycles. The van der Waals surface area contributed by atoms with E-state index in [9.17, 15) is 13.2 Å². The molecule has 0 fully saturated rings. The highest BCUT2D eigenvalue weighted by atomic mass is 35.5. The quantitative estimate of drug-likeness (QED) is 0.908. The molecule has 0 spiro atoms. The molecule has 0 bridgehead atoms. The predicted octanol–water partition coefficient (Wildman–Crippen LogP) is 3.42. The fourth-order valence-electron chi connectivity index (χ4n) is 1.40. The minimum absolute atomic E-state index is 0. The molecule has 0 amide bonds. The second kappa shape index (κ2) is 6.12. The van der Waals surface area contributed by atoms with Crippen molar-refractivity contribution in [1.29, 1.82) is 0 Å². The van der Waals surface area contributed by atoms with E-state index in [-0.39, 0.29) is 24.2 Å². The van der Waals surface area contributed by atoms with Gasteiger partial charge in [0.25, 0.3) is 0 Å². The van der Waals surface area contributed by atoms with E-state index in [1.165, 1.54) is 13.2 Å². The van der Waals surface area contributed by atoms with E-state index in [1.54, 1.807) is 7.05 Å². The summed E-state index contributed by atoms with van der Waals surface area (Å²) in [6.45, 7) is 1.85. The van der Waals surface area contributed by atoms with Crippen LogP contribution in [0.3, 0.4) is 0 Å². The lowest BCUT2D eigenvalue weighted by Crippen LogP contribution is -2.14. The van der Waals surface area contributed by atoms with Crippen molar-refractivity contribution in [3.8, 4) is 5.75 Å². The number of alkyl halides is 3. The van der Waals surface area contributed by atoms with Crippen molar-refractivity contribution in [2.45, 2.75) is 19.1 Å². The third kappa shape index (κ3) is 3.78. The summed E-state index contributed by atoms with van der Waals surface area (Å²) in [6.07, 6.45) is -4.34. The van der Waals surface area contributed by atoms with Gasteiger partial charge in [-0.3, -0.25) is 0 Å². The Kier molecular flexibility index (Phi) is 5.78. The first-order valence-electron chi connectivity index (χ1n) is 4.82. The number of ether oxygens (including phenoxy) is 1. The van der Waals surface area contributed by atoms with Crippen LogP contribution in [0.1, 0.15) is 24.1 Å². The summed E-state index contributed by atoms with van der Waals surface area (Å²) in [4.78, 5) is 0. The molecule has 1 rings (SSSR count). The first-order valence-corrected chi connectivity index (χ1v) is 4.82. The largest absolute Gasteiger partial charge is 0.496 e. The number of rotatable bonds is 3. The van der Waals surface area contributed by atoms with Gasteiger partial charge in [0.15, 0.2) is 0 Å². The smallest absolute Gasteiger partial charge is 0.416 e. The zero-order valence-corrected chi connectivity index (χ0v) is 10.6. The molecule has 0 aliphatic carbocycles. The number of halogens is 4. The highest BCUT2D eigenvalue weighted by molar-refractivity contribution is 5.85. The number of hydrogen-bond donors (Lipinski definition) is 1. The highest BCUT2D eigenvalue weighted by Crippen LogP contribution is 2.34. The molecular weight excluding hydrogens is 255 g/mol. The molecule has 0 radical (unpaired) electrons. The Labute approximate surface area is 105 Å². The summed E-state index contributed by atoms with van der Waals surface area (Å²) < 4.78 is 42.3. The monoisotopic (exact) mass is 269 g/mol. The summed E-state index contributed by atoms with van der Waals surface area (Å²) in [7, 11) is 3.10. The van der Waals surface area contributed by atoms with Gasteiger partial charge in [0.05, 0.1) is 12.7 Å². The van der Waals surface area contributed by atoms with Gasteiger partial charge in [0.2, 0.25) is 0 Å². The van der Waals surface area contributed by atoms with Crippen LogP contribution in [0.15, 0.2) is 18.2 Å². The van der Waals surface area contributed by atoms with Crippen LogP contribution in [0, 0.1) is 0 Å². The second-order valence-electron chi connectivity index (χ2n) is 3.46. The molecule has 0 aliphatic rings. The zero-order chi connectivity index (χ0) is 12.3. The van der Waals surface area contributed by atoms with E-state index in [2.05, 4.69) is 5.32 Å². The first kappa shape index (κ1) is 16.1.